The summed E-state index contributed by atoms with van der Waals surface area (Å²) in [5, 5.41) is 0. The first-order valence-corrected chi connectivity index (χ1v) is 5.82. The second-order valence-corrected chi connectivity index (χ2v) is 4.56. The average Bonchev–Trinajstić information content (AvgIpc) is 2.32. The molecule has 0 saturated heterocycles. The van der Waals surface area contributed by atoms with Crippen molar-refractivity contribution in [2.75, 3.05) is 0 Å². The fourth-order valence-corrected chi connectivity index (χ4v) is 1.78. The lowest BCUT2D eigenvalue weighted by Crippen LogP contribution is -2.21. The molecule has 0 fully saturated rings. The fourth-order valence-electron chi connectivity index (χ4n) is 1.78. The lowest BCUT2D eigenvalue weighted by molar-refractivity contribution is -0.143. The van der Waals surface area contributed by atoms with Crippen molar-refractivity contribution < 1.29 is 39.5 Å². The van der Waals surface area contributed by atoms with Crippen LogP contribution >= 0.6 is 12.4 Å². The molecule has 134 valence electrons. The van der Waals surface area contributed by atoms with Crippen LogP contribution in [-0.2, 0) is 12.4 Å². The Labute approximate surface area is 131 Å². The highest BCUT2D eigenvalue weighted by Gasteiger charge is 2.39. The quantitative estimate of drug-likeness (QED) is 0.695. The van der Waals surface area contributed by atoms with Gasteiger partial charge in [-0.25, -0.2) is 0 Å². The SMILES string of the molecule is Cl.N[C@H](CCC(F)(F)F)c1ccc(C(F)(F)F)cc1C(F)(F)F. The fraction of sp³-hybridized carbons (Fsp3) is 0.500. The molecule has 1 aromatic rings. The van der Waals surface area contributed by atoms with Crippen LogP contribution in [-0.4, -0.2) is 6.18 Å². The molecular weight excluding hydrogens is 365 g/mol. The molecule has 0 bridgehead atoms. The molecule has 11 heteroatoms. The molecule has 0 aliphatic heterocycles. The smallest absolute Gasteiger partial charge is 0.324 e. The number of benzene rings is 1. The number of nitrogens with two attached hydrogens (primary N) is 1. The molecule has 1 aromatic carbocycles. The third kappa shape index (κ3) is 6.46. The van der Waals surface area contributed by atoms with E-state index in [1.54, 1.807) is 0 Å². The van der Waals surface area contributed by atoms with Crippen LogP contribution in [0.4, 0.5) is 39.5 Å². The first-order chi connectivity index (χ1) is 9.72. The summed E-state index contributed by atoms with van der Waals surface area (Å²) >= 11 is 0. The largest absolute Gasteiger partial charge is 0.416 e. The minimum atomic E-state index is -5.16. The normalized spacial score (nSPS) is 14.3. The molecule has 0 spiro atoms. The van der Waals surface area contributed by atoms with Gasteiger partial charge < -0.3 is 5.73 Å². The highest BCUT2D eigenvalue weighted by Crippen LogP contribution is 2.40. The van der Waals surface area contributed by atoms with E-state index in [4.69, 9.17) is 5.73 Å². The summed E-state index contributed by atoms with van der Waals surface area (Å²) < 4.78 is 112. The Hall–Kier alpha value is -1.16. The van der Waals surface area contributed by atoms with Gasteiger partial charge in [0.25, 0.3) is 0 Å². The van der Waals surface area contributed by atoms with Crippen molar-refractivity contribution >= 4 is 12.4 Å². The minimum absolute atomic E-state index is 0. The average molecular weight is 376 g/mol. The number of hydrogen-bond donors (Lipinski definition) is 1. The van der Waals surface area contributed by atoms with E-state index in [9.17, 15) is 39.5 Å². The second kappa shape index (κ2) is 7.16. The van der Waals surface area contributed by atoms with Crippen LogP contribution in [0.2, 0.25) is 0 Å². The van der Waals surface area contributed by atoms with Crippen molar-refractivity contribution in [2.45, 2.75) is 37.4 Å². The number of rotatable bonds is 3. The van der Waals surface area contributed by atoms with Crippen LogP contribution in [0.25, 0.3) is 0 Å². The maximum atomic E-state index is 12.8. The van der Waals surface area contributed by atoms with Crippen LogP contribution in [0.1, 0.15) is 35.6 Å². The van der Waals surface area contributed by atoms with Crippen molar-refractivity contribution in [3.05, 3.63) is 34.9 Å². The predicted octanol–water partition coefficient (Wildman–Crippen LogP) is 5.49. The standard InChI is InChI=1S/C12H10F9N.ClH/c13-10(14,15)4-3-9(22)7-2-1-6(11(16,17)18)5-8(7)12(19,20)21;/h1-2,5,9H,3-4,22H2;1H/t9-;/m1./s1. The lowest BCUT2D eigenvalue weighted by Gasteiger charge is -2.20. The van der Waals surface area contributed by atoms with Gasteiger partial charge in [0.05, 0.1) is 11.1 Å². The molecule has 0 aliphatic rings. The predicted molar refractivity (Wildman–Crippen MR) is 65.9 cm³/mol. The molecule has 0 heterocycles. The maximum absolute atomic E-state index is 12.8. The lowest BCUT2D eigenvalue weighted by atomic mass is 9.95. The Morgan fingerprint density at radius 3 is 1.78 bits per heavy atom. The molecule has 0 unspecified atom stereocenters. The first-order valence-electron chi connectivity index (χ1n) is 5.82. The highest BCUT2D eigenvalue weighted by molar-refractivity contribution is 5.85. The summed E-state index contributed by atoms with van der Waals surface area (Å²) in [7, 11) is 0. The van der Waals surface area contributed by atoms with Crippen molar-refractivity contribution in [1.29, 1.82) is 0 Å². The number of alkyl halides is 9. The zero-order chi connectivity index (χ0) is 17.3. The van der Waals surface area contributed by atoms with Gasteiger partial charge >= 0.3 is 18.5 Å². The van der Waals surface area contributed by atoms with E-state index in [1.807, 2.05) is 0 Å². The summed E-state index contributed by atoms with van der Waals surface area (Å²) in [5.41, 5.74) is 1.24. The van der Waals surface area contributed by atoms with Gasteiger partial charge in [-0.15, -0.1) is 12.4 Å². The Balaban J connectivity index is 0.00000484. The van der Waals surface area contributed by atoms with Gasteiger partial charge in [-0.2, -0.15) is 39.5 Å². The Kier molecular flexibility index (Phi) is 6.80. The van der Waals surface area contributed by atoms with E-state index in [0.717, 1.165) is 0 Å². The Morgan fingerprint density at radius 2 is 1.39 bits per heavy atom. The topological polar surface area (TPSA) is 26.0 Å². The molecule has 0 radical (unpaired) electrons. The zero-order valence-corrected chi connectivity index (χ0v) is 11.9. The maximum Gasteiger partial charge on any atom is 0.416 e. The Bertz CT molecular complexity index is 519. The molecule has 0 saturated carbocycles. The highest BCUT2D eigenvalue weighted by atomic mass is 35.5. The molecule has 0 aliphatic carbocycles. The van der Waals surface area contributed by atoms with E-state index in [2.05, 4.69) is 0 Å². The summed E-state index contributed by atoms with van der Waals surface area (Å²) in [6.07, 6.45) is -17.1. The third-order valence-corrected chi connectivity index (χ3v) is 2.82. The van der Waals surface area contributed by atoms with Crippen molar-refractivity contribution in [2.24, 2.45) is 5.73 Å². The van der Waals surface area contributed by atoms with Gasteiger partial charge in [-0.1, -0.05) is 6.07 Å². The molecular formula is C12H11ClF9N. The van der Waals surface area contributed by atoms with Crippen molar-refractivity contribution in [3.63, 3.8) is 0 Å². The van der Waals surface area contributed by atoms with E-state index in [1.165, 1.54) is 0 Å². The van der Waals surface area contributed by atoms with E-state index in [0.29, 0.717) is 12.1 Å². The van der Waals surface area contributed by atoms with Gasteiger partial charge in [-0.05, 0) is 24.1 Å². The van der Waals surface area contributed by atoms with Crippen LogP contribution < -0.4 is 5.73 Å². The van der Waals surface area contributed by atoms with E-state index in [-0.39, 0.29) is 18.5 Å². The van der Waals surface area contributed by atoms with Crippen molar-refractivity contribution in [3.8, 4) is 0 Å². The van der Waals surface area contributed by atoms with Crippen LogP contribution in [0.15, 0.2) is 18.2 Å². The summed E-state index contributed by atoms with van der Waals surface area (Å²) in [4.78, 5) is 0. The van der Waals surface area contributed by atoms with Crippen LogP contribution in [0.5, 0.6) is 0 Å². The van der Waals surface area contributed by atoms with E-state index < -0.39 is 54.1 Å². The van der Waals surface area contributed by atoms with Crippen LogP contribution in [0.3, 0.4) is 0 Å². The minimum Gasteiger partial charge on any atom is -0.324 e. The summed E-state index contributed by atoms with van der Waals surface area (Å²) in [6, 6.07) is -1.01. The number of halogens is 10. The van der Waals surface area contributed by atoms with Gasteiger partial charge in [-0.3, -0.25) is 0 Å². The molecule has 0 amide bonds. The molecule has 23 heavy (non-hydrogen) atoms. The van der Waals surface area contributed by atoms with Gasteiger partial charge in [0.2, 0.25) is 0 Å². The zero-order valence-electron chi connectivity index (χ0n) is 11.1. The molecule has 1 nitrogen and oxygen atoms in total. The number of hydrogen-bond acceptors (Lipinski definition) is 1. The summed E-state index contributed by atoms with van der Waals surface area (Å²) in [5.74, 6) is 0. The van der Waals surface area contributed by atoms with E-state index >= 15 is 0 Å². The van der Waals surface area contributed by atoms with Crippen LogP contribution in [0, 0.1) is 0 Å². The Morgan fingerprint density at radius 1 is 0.870 bits per heavy atom. The third-order valence-electron chi connectivity index (χ3n) is 2.82. The molecule has 0 aromatic heterocycles. The first kappa shape index (κ1) is 21.8. The molecule has 1 atom stereocenters. The monoisotopic (exact) mass is 375 g/mol. The van der Waals surface area contributed by atoms with Gasteiger partial charge in [0.15, 0.2) is 0 Å². The van der Waals surface area contributed by atoms with Crippen molar-refractivity contribution in [1.82, 2.24) is 0 Å². The second-order valence-electron chi connectivity index (χ2n) is 4.56. The van der Waals surface area contributed by atoms with Gasteiger partial charge in [0, 0.05) is 12.5 Å². The van der Waals surface area contributed by atoms with Gasteiger partial charge in [0.1, 0.15) is 0 Å². The molecule has 1 rings (SSSR count). The summed E-state index contributed by atoms with van der Waals surface area (Å²) in [6.45, 7) is 0. The molecule has 2 N–H and O–H groups in total.